The van der Waals surface area contributed by atoms with Crippen LogP contribution in [0.5, 0.6) is 0 Å². The Bertz CT molecular complexity index is 1400. The standard InChI is InChI=1S/C23H19ClN4O3S/c1-2-28-23(31)16-10-4-3-9-15(16)21(27-28)22(30)26-25-19(29)13-32-18-12-6-8-14-7-5-11-17(24)20(14)18/h3-12H,2,13H2,1H3,(H,25,29)(H,26,30). The summed E-state index contributed by atoms with van der Waals surface area (Å²) in [5.41, 5.74) is 4.60. The van der Waals surface area contributed by atoms with Crippen LogP contribution in [0.2, 0.25) is 5.02 Å². The first-order valence-electron chi connectivity index (χ1n) is 9.88. The van der Waals surface area contributed by atoms with Gasteiger partial charge in [-0.1, -0.05) is 54.1 Å². The van der Waals surface area contributed by atoms with E-state index in [1.54, 1.807) is 37.3 Å². The van der Waals surface area contributed by atoms with Crippen molar-refractivity contribution in [1.29, 1.82) is 0 Å². The van der Waals surface area contributed by atoms with Crippen molar-refractivity contribution < 1.29 is 9.59 Å². The molecule has 0 fully saturated rings. The first-order valence-corrected chi connectivity index (χ1v) is 11.2. The second-order valence-corrected chi connectivity index (χ2v) is 8.32. The van der Waals surface area contributed by atoms with E-state index in [-0.39, 0.29) is 22.9 Å². The fraction of sp³-hybridized carbons (Fsp3) is 0.130. The highest BCUT2D eigenvalue weighted by atomic mass is 35.5. The van der Waals surface area contributed by atoms with E-state index in [9.17, 15) is 14.4 Å². The number of thioether (sulfide) groups is 1. The van der Waals surface area contributed by atoms with Crippen molar-refractivity contribution in [3.8, 4) is 0 Å². The lowest BCUT2D eigenvalue weighted by molar-refractivity contribution is -0.119. The number of rotatable bonds is 5. The minimum atomic E-state index is -0.602. The van der Waals surface area contributed by atoms with Gasteiger partial charge in [-0.05, 0) is 30.5 Å². The third-order valence-corrected chi connectivity index (χ3v) is 6.24. The van der Waals surface area contributed by atoms with E-state index in [1.165, 1.54) is 16.4 Å². The number of nitrogens with one attached hydrogen (secondary N) is 2. The molecule has 4 aromatic rings. The number of aromatic nitrogens is 2. The van der Waals surface area contributed by atoms with E-state index < -0.39 is 5.91 Å². The molecule has 2 N–H and O–H groups in total. The molecule has 0 saturated carbocycles. The van der Waals surface area contributed by atoms with Gasteiger partial charge in [0, 0.05) is 27.2 Å². The van der Waals surface area contributed by atoms with Crippen molar-refractivity contribution in [2.24, 2.45) is 0 Å². The molecule has 0 aliphatic heterocycles. The summed E-state index contributed by atoms with van der Waals surface area (Å²) in [4.78, 5) is 38.4. The molecule has 0 radical (unpaired) electrons. The van der Waals surface area contributed by atoms with Crippen LogP contribution in [0.4, 0.5) is 0 Å². The number of hydrogen-bond acceptors (Lipinski definition) is 5. The van der Waals surface area contributed by atoms with Crippen molar-refractivity contribution in [3.63, 3.8) is 0 Å². The van der Waals surface area contributed by atoms with Crippen LogP contribution in [0.3, 0.4) is 0 Å². The predicted octanol–water partition coefficient (Wildman–Crippen LogP) is 3.78. The molecule has 2 amide bonds. The Morgan fingerprint density at radius 1 is 1.00 bits per heavy atom. The summed E-state index contributed by atoms with van der Waals surface area (Å²) < 4.78 is 1.22. The number of benzene rings is 3. The fourth-order valence-electron chi connectivity index (χ4n) is 3.36. The van der Waals surface area contributed by atoms with Crippen molar-refractivity contribution in [2.75, 3.05) is 5.75 Å². The third kappa shape index (κ3) is 4.32. The second kappa shape index (κ2) is 9.42. The number of halogens is 1. The van der Waals surface area contributed by atoms with Gasteiger partial charge in [0.1, 0.15) is 0 Å². The van der Waals surface area contributed by atoms with Gasteiger partial charge in [0.05, 0.1) is 11.1 Å². The Morgan fingerprint density at radius 2 is 1.72 bits per heavy atom. The molecule has 0 bridgehead atoms. The van der Waals surface area contributed by atoms with Gasteiger partial charge in [-0.2, -0.15) is 5.10 Å². The molecule has 7 nitrogen and oxygen atoms in total. The molecule has 0 aliphatic carbocycles. The largest absolute Gasteiger partial charge is 0.290 e. The summed E-state index contributed by atoms with van der Waals surface area (Å²) in [5, 5.41) is 7.46. The molecule has 4 rings (SSSR count). The highest BCUT2D eigenvalue weighted by Crippen LogP contribution is 2.33. The lowest BCUT2D eigenvalue weighted by Gasteiger charge is -2.11. The summed E-state index contributed by atoms with van der Waals surface area (Å²) in [5.74, 6) is -0.914. The SMILES string of the molecule is CCn1nc(C(=O)NNC(=O)CSc2cccc3cccc(Cl)c23)c2ccccc2c1=O. The molecule has 3 aromatic carbocycles. The number of nitrogens with zero attached hydrogens (tertiary/aromatic N) is 2. The van der Waals surface area contributed by atoms with Crippen LogP contribution in [0, 0.1) is 0 Å². The highest BCUT2D eigenvalue weighted by molar-refractivity contribution is 8.00. The predicted molar refractivity (Wildman–Crippen MR) is 127 cm³/mol. The van der Waals surface area contributed by atoms with E-state index in [2.05, 4.69) is 16.0 Å². The van der Waals surface area contributed by atoms with Crippen molar-refractivity contribution in [1.82, 2.24) is 20.6 Å². The van der Waals surface area contributed by atoms with Gasteiger partial charge in [-0.25, -0.2) is 4.68 Å². The molecule has 0 unspecified atom stereocenters. The van der Waals surface area contributed by atoms with E-state index in [4.69, 9.17) is 11.6 Å². The number of carbonyl (C=O) groups excluding carboxylic acids is 2. The molecule has 0 aliphatic rings. The van der Waals surface area contributed by atoms with Gasteiger partial charge < -0.3 is 0 Å². The molecule has 0 atom stereocenters. The summed E-state index contributed by atoms with van der Waals surface area (Å²) >= 11 is 7.65. The van der Waals surface area contributed by atoms with Crippen LogP contribution in [0.25, 0.3) is 21.5 Å². The van der Waals surface area contributed by atoms with E-state index in [0.29, 0.717) is 22.3 Å². The van der Waals surface area contributed by atoms with Crippen molar-refractivity contribution in [3.05, 3.63) is 81.7 Å². The van der Waals surface area contributed by atoms with Gasteiger partial charge in [0.15, 0.2) is 5.69 Å². The van der Waals surface area contributed by atoms with Gasteiger partial charge >= 0.3 is 0 Å². The zero-order chi connectivity index (χ0) is 22.7. The fourth-order valence-corrected chi connectivity index (χ4v) is 4.61. The van der Waals surface area contributed by atoms with E-state index in [0.717, 1.165) is 15.7 Å². The molecule has 1 aromatic heterocycles. The molecular formula is C23H19ClN4O3S. The minimum absolute atomic E-state index is 0.0656. The van der Waals surface area contributed by atoms with Gasteiger partial charge in [-0.15, -0.1) is 11.8 Å². The lowest BCUT2D eigenvalue weighted by Crippen LogP contribution is -2.43. The molecule has 32 heavy (non-hydrogen) atoms. The van der Waals surface area contributed by atoms with Crippen LogP contribution in [0.1, 0.15) is 17.4 Å². The third-order valence-electron chi connectivity index (χ3n) is 4.87. The highest BCUT2D eigenvalue weighted by Gasteiger charge is 2.17. The normalized spacial score (nSPS) is 10.9. The summed E-state index contributed by atoms with van der Waals surface area (Å²) in [6.45, 7) is 2.09. The molecule has 0 spiro atoms. The quantitative estimate of drug-likeness (QED) is 0.345. The molecule has 9 heteroatoms. The first-order chi connectivity index (χ1) is 15.5. The maximum atomic E-state index is 12.7. The Morgan fingerprint density at radius 3 is 2.47 bits per heavy atom. The lowest BCUT2D eigenvalue weighted by atomic mass is 10.1. The molecule has 162 valence electrons. The first kappa shape index (κ1) is 21.9. The van der Waals surface area contributed by atoms with Crippen molar-refractivity contribution >= 4 is 56.7 Å². The smallest absolute Gasteiger partial charge is 0.272 e. The molecular weight excluding hydrogens is 448 g/mol. The zero-order valence-corrected chi connectivity index (χ0v) is 18.7. The zero-order valence-electron chi connectivity index (χ0n) is 17.1. The number of amides is 2. The second-order valence-electron chi connectivity index (χ2n) is 6.90. The maximum absolute atomic E-state index is 12.7. The number of fused-ring (bicyclic) bond motifs is 2. The van der Waals surface area contributed by atoms with Gasteiger partial charge in [0.2, 0.25) is 5.91 Å². The van der Waals surface area contributed by atoms with Crippen LogP contribution in [0.15, 0.2) is 70.4 Å². The minimum Gasteiger partial charge on any atom is -0.272 e. The van der Waals surface area contributed by atoms with Crippen LogP contribution >= 0.6 is 23.4 Å². The average molecular weight is 467 g/mol. The maximum Gasteiger partial charge on any atom is 0.290 e. The van der Waals surface area contributed by atoms with Crippen LogP contribution in [-0.2, 0) is 11.3 Å². The van der Waals surface area contributed by atoms with Crippen molar-refractivity contribution in [2.45, 2.75) is 18.4 Å². The average Bonchev–Trinajstić information content (AvgIpc) is 2.81. The summed E-state index contributed by atoms with van der Waals surface area (Å²) in [6.07, 6.45) is 0. The Balaban J connectivity index is 1.46. The van der Waals surface area contributed by atoms with Gasteiger partial charge in [-0.3, -0.25) is 25.2 Å². The Hall–Kier alpha value is -3.36. The Kier molecular flexibility index (Phi) is 6.43. The number of aryl methyl sites for hydroxylation is 1. The van der Waals surface area contributed by atoms with Gasteiger partial charge in [0.25, 0.3) is 11.5 Å². The number of carbonyl (C=O) groups is 2. The molecule has 0 saturated heterocycles. The monoisotopic (exact) mass is 466 g/mol. The van der Waals surface area contributed by atoms with Crippen LogP contribution in [-0.4, -0.2) is 27.3 Å². The topological polar surface area (TPSA) is 93.1 Å². The van der Waals surface area contributed by atoms with E-state index >= 15 is 0 Å². The van der Waals surface area contributed by atoms with Crippen LogP contribution < -0.4 is 16.4 Å². The number of hydrazine groups is 1. The summed E-state index contributed by atoms with van der Waals surface area (Å²) in [7, 11) is 0. The number of hydrogen-bond donors (Lipinski definition) is 2. The molecule has 1 heterocycles. The summed E-state index contributed by atoms with van der Waals surface area (Å²) in [6, 6.07) is 18.1. The van der Waals surface area contributed by atoms with E-state index in [1.807, 2.05) is 30.3 Å². The Labute approximate surface area is 192 Å².